The summed E-state index contributed by atoms with van der Waals surface area (Å²) in [5, 5.41) is 9.39. The number of aromatic amines is 1. The number of benzene rings is 1. The molecule has 3 aromatic heterocycles. The minimum Gasteiger partial charge on any atom is -0.340 e. The Morgan fingerprint density at radius 1 is 1.10 bits per heavy atom. The highest BCUT2D eigenvalue weighted by atomic mass is 35.5. The Morgan fingerprint density at radius 2 is 1.86 bits per heavy atom. The number of pyridine rings is 1. The maximum absolute atomic E-state index is 12.5. The summed E-state index contributed by atoms with van der Waals surface area (Å²) in [6.07, 6.45) is 3.38. The van der Waals surface area contributed by atoms with E-state index in [1.54, 1.807) is 10.8 Å². The summed E-state index contributed by atoms with van der Waals surface area (Å²) >= 11 is 6.03. The summed E-state index contributed by atoms with van der Waals surface area (Å²) in [6, 6.07) is 11.5. The average Bonchev–Trinajstić information content (AvgIpc) is 3.28. The molecule has 1 aliphatic heterocycles. The molecule has 1 aromatic carbocycles. The Hall–Kier alpha value is -3.13. The van der Waals surface area contributed by atoms with Crippen LogP contribution in [0.3, 0.4) is 0 Å². The second-order valence-corrected chi connectivity index (χ2v) is 7.69. The van der Waals surface area contributed by atoms with Crippen molar-refractivity contribution in [1.29, 1.82) is 0 Å². The lowest BCUT2D eigenvalue weighted by atomic mass is 10.1. The SMILES string of the molecule is Cc1nnc(N2CCC(n3c(=O)[nH]c4cccnc43)CC2)n1-c1ccc(Cl)cc1. The molecule has 0 unspecified atom stereocenters. The molecule has 0 radical (unpaired) electrons. The predicted molar refractivity (Wildman–Crippen MR) is 112 cm³/mol. The Labute approximate surface area is 171 Å². The zero-order chi connectivity index (χ0) is 20.0. The number of fused-ring (bicyclic) bond motifs is 1. The summed E-state index contributed by atoms with van der Waals surface area (Å²) < 4.78 is 3.83. The van der Waals surface area contributed by atoms with Crippen LogP contribution in [0.5, 0.6) is 0 Å². The molecule has 4 aromatic rings. The lowest BCUT2D eigenvalue weighted by Crippen LogP contribution is -2.38. The second kappa shape index (κ2) is 7.04. The zero-order valence-corrected chi connectivity index (χ0v) is 16.7. The molecule has 4 heterocycles. The lowest BCUT2D eigenvalue weighted by Gasteiger charge is -2.33. The van der Waals surface area contributed by atoms with Crippen molar-refractivity contribution in [3.63, 3.8) is 0 Å². The van der Waals surface area contributed by atoms with E-state index < -0.39 is 0 Å². The second-order valence-electron chi connectivity index (χ2n) is 7.25. The summed E-state index contributed by atoms with van der Waals surface area (Å²) in [4.78, 5) is 22.0. The fraction of sp³-hybridized carbons (Fsp3) is 0.300. The first kappa shape index (κ1) is 17.9. The molecule has 0 amide bonds. The molecular weight excluding hydrogens is 390 g/mol. The number of rotatable bonds is 3. The van der Waals surface area contributed by atoms with Crippen LogP contribution in [-0.2, 0) is 0 Å². The Kier molecular flexibility index (Phi) is 4.35. The third-order valence-electron chi connectivity index (χ3n) is 5.48. The van der Waals surface area contributed by atoms with Gasteiger partial charge in [0.05, 0.1) is 11.2 Å². The number of aromatic nitrogens is 6. The maximum Gasteiger partial charge on any atom is 0.327 e. The average molecular weight is 410 g/mol. The quantitative estimate of drug-likeness (QED) is 0.562. The molecule has 8 nitrogen and oxygen atoms in total. The number of hydrogen-bond acceptors (Lipinski definition) is 5. The van der Waals surface area contributed by atoms with Gasteiger partial charge in [0.25, 0.3) is 0 Å². The van der Waals surface area contributed by atoms with Gasteiger partial charge in [-0.3, -0.25) is 9.13 Å². The minimum atomic E-state index is -0.0997. The van der Waals surface area contributed by atoms with Crippen molar-refractivity contribution in [1.82, 2.24) is 29.3 Å². The number of hydrogen-bond donors (Lipinski definition) is 1. The predicted octanol–water partition coefficient (Wildman–Crippen LogP) is 3.11. The summed E-state index contributed by atoms with van der Waals surface area (Å²) in [7, 11) is 0. The molecule has 0 bridgehead atoms. The van der Waals surface area contributed by atoms with Gasteiger partial charge >= 0.3 is 5.69 Å². The van der Waals surface area contributed by atoms with Crippen molar-refractivity contribution in [2.45, 2.75) is 25.8 Å². The fourth-order valence-corrected chi connectivity index (χ4v) is 4.20. The van der Waals surface area contributed by atoms with Crippen LogP contribution in [0, 0.1) is 6.92 Å². The minimum absolute atomic E-state index is 0.0997. The van der Waals surface area contributed by atoms with Crippen LogP contribution < -0.4 is 10.6 Å². The van der Waals surface area contributed by atoms with E-state index >= 15 is 0 Å². The van der Waals surface area contributed by atoms with Gasteiger partial charge in [-0.1, -0.05) is 11.6 Å². The zero-order valence-electron chi connectivity index (χ0n) is 15.9. The molecule has 1 saturated heterocycles. The molecule has 5 rings (SSSR count). The Bertz CT molecular complexity index is 1220. The van der Waals surface area contributed by atoms with Gasteiger partial charge in [-0.2, -0.15) is 0 Å². The van der Waals surface area contributed by atoms with Crippen molar-refractivity contribution in [2.24, 2.45) is 0 Å². The highest BCUT2D eigenvalue weighted by molar-refractivity contribution is 6.30. The van der Waals surface area contributed by atoms with Crippen LogP contribution in [0.15, 0.2) is 47.4 Å². The molecule has 0 atom stereocenters. The third-order valence-corrected chi connectivity index (χ3v) is 5.73. The van der Waals surface area contributed by atoms with E-state index in [1.807, 2.05) is 47.9 Å². The van der Waals surface area contributed by atoms with Gasteiger partial charge in [0, 0.05) is 30.4 Å². The lowest BCUT2D eigenvalue weighted by molar-refractivity contribution is 0.391. The van der Waals surface area contributed by atoms with E-state index in [0.29, 0.717) is 5.02 Å². The molecular formula is C20H20ClN7O. The van der Waals surface area contributed by atoms with Gasteiger partial charge in [-0.05, 0) is 56.2 Å². The van der Waals surface area contributed by atoms with Gasteiger partial charge in [0.2, 0.25) is 5.95 Å². The molecule has 148 valence electrons. The monoisotopic (exact) mass is 409 g/mol. The topological polar surface area (TPSA) is 84.6 Å². The van der Waals surface area contributed by atoms with Crippen LogP contribution in [0.25, 0.3) is 16.9 Å². The van der Waals surface area contributed by atoms with Crippen LogP contribution in [0.4, 0.5) is 5.95 Å². The van der Waals surface area contributed by atoms with E-state index in [1.165, 1.54) is 0 Å². The van der Waals surface area contributed by atoms with E-state index in [4.69, 9.17) is 11.6 Å². The van der Waals surface area contributed by atoms with Gasteiger partial charge in [0.1, 0.15) is 5.82 Å². The smallest absolute Gasteiger partial charge is 0.327 e. The number of nitrogens with zero attached hydrogens (tertiary/aromatic N) is 6. The summed E-state index contributed by atoms with van der Waals surface area (Å²) in [5.74, 6) is 1.63. The van der Waals surface area contributed by atoms with Gasteiger partial charge < -0.3 is 9.88 Å². The standard InChI is InChI=1S/C20H20ClN7O/c1-13-24-25-19(27(13)15-6-4-14(21)5-7-15)26-11-8-16(9-12-26)28-18-17(23-20(28)29)3-2-10-22-18/h2-7,10,16H,8-9,11-12H2,1H3,(H,23,29). The summed E-state index contributed by atoms with van der Waals surface area (Å²) in [5.41, 5.74) is 2.37. The first-order valence-corrected chi connectivity index (χ1v) is 9.98. The highest BCUT2D eigenvalue weighted by Gasteiger charge is 2.27. The van der Waals surface area contributed by atoms with Crippen LogP contribution in [0.1, 0.15) is 24.7 Å². The van der Waals surface area contributed by atoms with Crippen LogP contribution in [0.2, 0.25) is 5.02 Å². The number of piperidine rings is 1. The normalized spacial score (nSPS) is 15.3. The molecule has 1 fully saturated rings. The molecule has 29 heavy (non-hydrogen) atoms. The summed E-state index contributed by atoms with van der Waals surface area (Å²) in [6.45, 7) is 3.50. The van der Waals surface area contributed by atoms with Crippen molar-refractivity contribution in [3.8, 4) is 5.69 Å². The molecule has 1 aliphatic rings. The fourth-order valence-electron chi connectivity index (χ4n) is 4.07. The number of halogens is 1. The first-order chi connectivity index (χ1) is 14.1. The Balaban J connectivity index is 1.41. The number of H-pyrrole nitrogens is 1. The molecule has 1 N–H and O–H groups in total. The van der Waals surface area contributed by atoms with E-state index in [0.717, 1.165) is 54.6 Å². The molecule has 0 saturated carbocycles. The van der Waals surface area contributed by atoms with E-state index in [9.17, 15) is 4.79 Å². The molecule has 0 aliphatic carbocycles. The van der Waals surface area contributed by atoms with Gasteiger partial charge in [-0.25, -0.2) is 9.78 Å². The number of aryl methyl sites for hydroxylation is 1. The van der Waals surface area contributed by atoms with Gasteiger partial charge in [-0.15, -0.1) is 10.2 Å². The van der Waals surface area contributed by atoms with Crippen molar-refractivity contribution >= 4 is 28.7 Å². The first-order valence-electron chi connectivity index (χ1n) is 9.60. The number of imidazole rings is 1. The highest BCUT2D eigenvalue weighted by Crippen LogP contribution is 2.28. The van der Waals surface area contributed by atoms with E-state index in [-0.39, 0.29) is 11.7 Å². The number of nitrogens with one attached hydrogen (secondary N) is 1. The van der Waals surface area contributed by atoms with E-state index in [2.05, 4.69) is 25.1 Å². The Morgan fingerprint density at radius 3 is 2.62 bits per heavy atom. The maximum atomic E-state index is 12.5. The molecule has 0 spiro atoms. The van der Waals surface area contributed by atoms with Crippen LogP contribution in [-0.4, -0.2) is 42.4 Å². The van der Waals surface area contributed by atoms with Crippen molar-refractivity contribution in [2.75, 3.05) is 18.0 Å². The van der Waals surface area contributed by atoms with Crippen molar-refractivity contribution < 1.29 is 0 Å². The van der Waals surface area contributed by atoms with Crippen molar-refractivity contribution in [3.05, 3.63) is 63.9 Å². The molecule has 9 heteroatoms. The van der Waals surface area contributed by atoms with Gasteiger partial charge in [0.15, 0.2) is 5.65 Å². The third kappa shape index (κ3) is 3.09. The number of anilines is 1. The van der Waals surface area contributed by atoms with Crippen LogP contribution >= 0.6 is 11.6 Å². The largest absolute Gasteiger partial charge is 0.340 e.